The largest absolute Gasteiger partial charge is 0.507 e. The summed E-state index contributed by atoms with van der Waals surface area (Å²) in [7, 11) is 0. The third kappa shape index (κ3) is 1.47. The molecule has 0 unspecified atom stereocenters. The molecular formula is C16H9ClOS. The molecule has 0 amide bonds. The van der Waals surface area contributed by atoms with Crippen LogP contribution >= 0.6 is 22.9 Å². The third-order valence-electron chi connectivity index (χ3n) is 3.42. The van der Waals surface area contributed by atoms with Gasteiger partial charge in [0.15, 0.2) is 0 Å². The quantitative estimate of drug-likeness (QED) is 0.448. The summed E-state index contributed by atoms with van der Waals surface area (Å²) in [5.74, 6) is 0.308. The molecule has 3 aromatic carbocycles. The number of thiophene rings is 1. The molecule has 3 heteroatoms. The Balaban J connectivity index is 2.43. The highest BCUT2D eigenvalue weighted by atomic mass is 35.5. The van der Waals surface area contributed by atoms with E-state index in [1.807, 2.05) is 30.3 Å². The van der Waals surface area contributed by atoms with Crippen molar-refractivity contribution >= 4 is 53.9 Å². The first-order valence-corrected chi connectivity index (χ1v) is 7.16. The minimum atomic E-state index is 0.308. The lowest BCUT2D eigenvalue weighted by Gasteiger charge is -2.04. The van der Waals surface area contributed by atoms with Gasteiger partial charge in [-0.15, -0.1) is 11.3 Å². The zero-order chi connectivity index (χ0) is 13.0. The fourth-order valence-corrected chi connectivity index (χ4v) is 4.06. The molecule has 0 aliphatic rings. The molecule has 0 saturated carbocycles. The summed E-state index contributed by atoms with van der Waals surface area (Å²) in [5, 5.41) is 15.0. The second-order valence-electron chi connectivity index (χ2n) is 4.54. The molecule has 0 aliphatic heterocycles. The van der Waals surface area contributed by atoms with Gasteiger partial charge in [-0.25, -0.2) is 0 Å². The van der Waals surface area contributed by atoms with E-state index in [1.165, 1.54) is 4.70 Å². The van der Waals surface area contributed by atoms with Gasteiger partial charge in [-0.05, 0) is 23.6 Å². The van der Waals surface area contributed by atoms with Crippen LogP contribution in [0, 0.1) is 0 Å². The van der Waals surface area contributed by atoms with Gasteiger partial charge in [0, 0.05) is 20.9 Å². The SMILES string of the molecule is Oc1cccc2cc(Cl)c3sc4ccccc4c3c12. The second-order valence-corrected chi connectivity index (χ2v) is 6.00. The molecule has 1 nitrogen and oxygen atoms in total. The van der Waals surface area contributed by atoms with Crippen LogP contribution in [0.3, 0.4) is 0 Å². The van der Waals surface area contributed by atoms with Crippen molar-refractivity contribution in [3.63, 3.8) is 0 Å². The van der Waals surface area contributed by atoms with Gasteiger partial charge in [0.1, 0.15) is 5.75 Å². The molecule has 92 valence electrons. The average Bonchev–Trinajstić information content (AvgIpc) is 2.79. The molecule has 4 rings (SSSR count). The van der Waals surface area contributed by atoms with Gasteiger partial charge in [-0.2, -0.15) is 0 Å². The Bertz CT molecular complexity index is 940. The van der Waals surface area contributed by atoms with E-state index in [0.29, 0.717) is 5.75 Å². The van der Waals surface area contributed by atoms with Crippen molar-refractivity contribution in [2.75, 3.05) is 0 Å². The summed E-state index contributed by atoms with van der Waals surface area (Å²) in [6.45, 7) is 0. The van der Waals surface area contributed by atoms with Crippen LogP contribution in [0.2, 0.25) is 5.02 Å². The van der Waals surface area contributed by atoms with Gasteiger partial charge in [0.05, 0.1) is 9.72 Å². The topological polar surface area (TPSA) is 20.2 Å². The highest BCUT2D eigenvalue weighted by molar-refractivity contribution is 7.26. The summed E-state index contributed by atoms with van der Waals surface area (Å²) in [6.07, 6.45) is 0. The van der Waals surface area contributed by atoms with E-state index in [2.05, 4.69) is 12.1 Å². The number of halogens is 1. The van der Waals surface area contributed by atoms with Gasteiger partial charge in [0.25, 0.3) is 0 Å². The Hall–Kier alpha value is -1.77. The average molecular weight is 285 g/mol. The van der Waals surface area contributed by atoms with E-state index in [4.69, 9.17) is 11.6 Å². The monoisotopic (exact) mass is 284 g/mol. The Morgan fingerprint density at radius 2 is 1.79 bits per heavy atom. The van der Waals surface area contributed by atoms with Crippen molar-refractivity contribution < 1.29 is 5.11 Å². The van der Waals surface area contributed by atoms with E-state index < -0.39 is 0 Å². The van der Waals surface area contributed by atoms with Gasteiger partial charge in [-0.3, -0.25) is 0 Å². The minimum Gasteiger partial charge on any atom is -0.507 e. The van der Waals surface area contributed by atoms with Crippen LogP contribution in [0.1, 0.15) is 0 Å². The predicted octanol–water partition coefficient (Wildman–Crippen LogP) is 5.57. The summed E-state index contributed by atoms with van der Waals surface area (Å²) < 4.78 is 2.23. The summed E-state index contributed by atoms with van der Waals surface area (Å²) in [5.41, 5.74) is 0. The maximum absolute atomic E-state index is 10.2. The first kappa shape index (κ1) is 11.1. The number of phenolic OH excluding ortho intramolecular Hbond substituents is 1. The molecule has 0 atom stereocenters. The highest BCUT2D eigenvalue weighted by Gasteiger charge is 2.14. The molecule has 19 heavy (non-hydrogen) atoms. The van der Waals surface area contributed by atoms with Crippen LogP contribution in [-0.2, 0) is 0 Å². The zero-order valence-electron chi connectivity index (χ0n) is 9.85. The maximum atomic E-state index is 10.2. The minimum absolute atomic E-state index is 0.308. The first-order chi connectivity index (χ1) is 9.25. The molecule has 0 aliphatic carbocycles. The molecule has 0 saturated heterocycles. The van der Waals surface area contributed by atoms with Gasteiger partial charge >= 0.3 is 0 Å². The number of hydrogen-bond donors (Lipinski definition) is 1. The summed E-state index contributed by atoms with van der Waals surface area (Å²) >= 11 is 8.06. The number of fused-ring (bicyclic) bond motifs is 5. The van der Waals surface area contributed by atoms with Crippen molar-refractivity contribution in [2.45, 2.75) is 0 Å². The lowest BCUT2D eigenvalue weighted by molar-refractivity contribution is 0.482. The molecule has 0 bridgehead atoms. The van der Waals surface area contributed by atoms with Crippen LogP contribution in [0.5, 0.6) is 5.75 Å². The fourth-order valence-electron chi connectivity index (χ4n) is 2.61. The zero-order valence-corrected chi connectivity index (χ0v) is 11.4. The van der Waals surface area contributed by atoms with Crippen LogP contribution in [0.4, 0.5) is 0 Å². The number of benzene rings is 3. The molecule has 0 fully saturated rings. The Labute approximate surface area is 118 Å². The van der Waals surface area contributed by atoms with Crippen molar-refractivity contribution in [1.29, 1.82) is 0 Å². The Kier molecular flexibility index (Phi) is 2.25. The van der Waals surface area contributed by atoms with Gasteiger partial charge in [-0.1, -0.05) is 41.9 Å². The smallest absolute Gasteiger partial charge is 0.124 e. The number of aromatic hydroxyl groups is 1. The maximum Gasteiger partial charge on any atom is 0.124 e. The van der Waals surface area contributed by atoms with Crippen molar-refractivity contribution in [1.82, 2.24) is 0 Å². The number of hydrogen-bond acceptors (Lipinski definition) is 2. The molecule has 1 N–H and O–H groups in total. The summed E-state index contributed by atoms with van der Waals surface area (Å²) in [6, 6.07) is 15.7. The molecule has 1 heterocycles. The first-order valence-electron chi connectivity index (χ1n) is 5.97. The van der Waals surface area contributed by atoms with Crippen LogP contribution in [-0.4, -0.2) is 5.11 Å². The fraction of sp³-hybridized carbons (Fsp3) is 0. The van der Waals surface area contributed by atoms with Crippen molar-refractivity contribution in [3.05, 3.63) is 53.6 Å². The van der Waals surface area contributed by atoms with E-state index in [0.717, 1.165) is 31.3 Å². The third-order valence-corrected chi connectivity index (χ3v) is 5.03. The Morgan fingerprint density at radius 3 is 2.68 bits per heavy atom. The van der Waals surface area contributed by atoms with Crippen LogP contribution in [0.25, 0.3) is 30.9 Å². The number of phenols is 1. The van der Waals surface area contributed by atoms with Gasteiger partial charge in [0.2, 0.25) is 0 Å². The Morgan fingerprint density at radius 1 is 0.947 bits per heavy atom. The summed E-state index contributed by atoms with van der Waals surface area (Å²) in [4.78, 5) is 0. The van der Waals surface area contributed by atoms with Crippen LogP contribution < -0.4 is 0 Å². The number of rotatable bonds is 0. The van der Waals surface area contributed by atoms with Crippen molar-refractivity contribution in [3.8, 4) is 5.75 Å². The normalized spacial score (nSPS) is 11.6. The molecule has 0 spiro atoms. The van der Waals surface area contributed by atoms with E-state index in [9.17, 15) is 5.11 Å². The molecule has 1 aromatic heterocycles. The van der Waals surface area contributed by atoms with Crippen LogP contribution in [0.15, 0.2) is 48.5 Å². The molecule has 0 radical (unpaired) electrons. The van der Waals surface area contributed by atoms with Crippen molar-refractivity contribution in [2.24, 2.45) is 0 Å². The second kappa shape index (κ2) is 3.86. The lowest BCUT2D eigenvalue weighted by atomic mass is 10.0. The molecule has 4 aromatic rings. The highest BCUT2D eigenvalue weighted by Crippen LogP contribution is 2.44. The molecular weight excluding hydrogens is 276 g/mol. The lowest BCUT2D eigenvalue weighted by Crippen LogP contribution is -1.77. The van der Waals surface area contributed by atoms with Gasteiger partial charge < -0.3 is 5.11 Å². The van der Waals surface area contributed by atoms with E-state index in [-0.39, 0.29) is 0 Å². The standard InChI is InChI=1S/C16H9ClOS/c17-11-8-9-4-3-6-12(18)14(9)15-10-5-1-2-7-13(10)19-16(11)15/h1-8,18H. The van der Waals surface area contributed by atoms with E-state index in [1.54, 1.807) is 17.4 Å². The van der Waals surface area contributed by atoms with E-state index >= 15 is 0 Å². The predicted molar refractivity (Wildman–Crippen MR) is 83.5 cm³/mol.